The predicted octanol–water partition coefficient (Wildman–Crippen LogP) is 5.09. The molecule has 2 aliphatic rings. The summed E-state index contributed by atoms with van der Waals surface area (Å²) in [5, 5.41) is 22.2. The van der Waals surface area contributed by atoms with Crippen LogP contribution in [0, 0.1) is 11.3 Å². The number of nitrogens with one attached hydrogen (secondary N) is 1. The van der Waals surface area contributed by atoms with Gasteiger partial charge < -0.3 is 43.2 Å². The summed E-state index contributed by atoms with van der Waals surface area (Å²) in [5.74, 6) is 1.37. The fourth-order valence-corrected chi connectivity index (χ4v) is 7.59. The Morgan fingerprint density at radius 2 is 1.51 bits per heavy atom. The molecule has 18 nitrogen and oxygen atoms in total. The molecule has 2 fully saturated rings. The lowest BCUT2D eigenvalue weighted by Crippen LogP contribution is -2.51. The van der Waals surface area contributed by atoms with Gasteiger partial charge in [0.25, 0.3) is 5.88 Å². The number of anilines is 2. The van der Waals surface area contributed by atoms with E-state index < -0.39 is 0 Å². The fourth-order valence-electron chi connectivity index (χ4n) is 7.59. The Balaban J connectivity index is 1.02. The highest BCUT2D eigenvalue weighted by Gasteiger charge is 2.32. The van der Waals surface area contributed by atoms with Crippen LogP contribution >= 0.6 is 0 Å². The second-order valence-electron chi connectivity index (χ2n) is 15.4. The molecule has 4 aromatic rings. The number of methoxy groups -OCH3 is 1. The van der Waals surface area contributed by atoms with Crippen LogP contribution in [0.2, 0.25) is 0 Å². The number of hydrogen-bond acceptors (Lipinski definition) is 16. The Labute approximate surface area is 358 Å². The Hall–Kier alpha value is -4.74. The monoisotopic (exact) mass is 846 g/mol. The maximum absolute atomic E-state index is 9.75. The maximum atomic E-state index is 9.75. The number of aromatic nitrogens is 7. The third kappa shape index (κ3) is 14.7. The van der Waals surface area contributed by atoms with E-state index in [1.807, 2.05) is 29.9 Å². The minimum atomic E-state index is -0.247. The van der Waals surface area contributed by atoms with Gasteiger partial charge in [0, 0.05) is 57.2 Å². The molecule has 0 radical (unpaired) electrons. The molecular weight excluding hydrogens is 785 g/mol. The van der Waals surface area contributed by atoms with Gasteiger partial charge in [-0.15, -0.1) is 5.10 Å². The number of rotatable bonds is 26. The highest BCUT2D eigenvalue weighted by Crippen LogP contribution is 2.35. The van der Waals surface area contributed by atoms with Crippen LogP contribution in [0.25, 0.3) is 11.1 Å². The molecule has 61 heavy (non-hydrogen) atoms. The van der Waals surface area contributed by atoms with Gasteiger partial charge in [0.1, 0.15) is 36.3 Å². The van der Waals surface area contributed by atoms with Crippen molar-refractivity contribution in [2.75, 3.05) is 91.6 Å². The topological polar surface area (TPSA) is 187 Å². The van der Waals surface area contributed by atoms with Crippen molar-refractivity contribution < 1.29 is 37.9 Å². The molecule has 0 unspecified atom stereocenters. The molecule has 1 aliphatic heterocycles. The molecule has 1 N–H and O–H groups in total. The molecule has 1 saturated heterocycles. The minimum Gasteiger partial charge on any atom is -0.487 e. The lowest BCUT2D eigenvalue weighted by Gasteiger charge is -2.42. The van der Waals surface area contributed by atoms with Crippen molar-refractivity contribution in [3.8, 4) is 28.8 Å². The second kappa shape index (κ2) is 24.6. The third-order valence-electron chi connectivity index (χ3n) is 10.5. The molecule has 0 spiro atoms. The summed E-state index contributed by atoms with van der Waals surface area (Å²) >= 11 is 0. The van der Waals surface area contributed by atoms with Gasteiger partial charge in [0.2, 0.25) is 5.95 Å². The summed E-state index contributed by atoms with van der Waals surface area (Å²) in [6.45, 7) is 13.8. The van der Waals surface area contributed by atoms with Crippen LogP contribution in [0.3, 0.4) is 0 Å². The quantitative estimate of drug-likeness (QED) is 0.0823. The van der Waals surface area contributed by atoms with Crippen molar-refractivity contribution in [3.05, 3.63) is 55.0 Å². The largest absolute Gasteiger partial charge is 0.487 e. The molecule has 1 saturated carbocycles. The summed E-state index contributed by atoms with van der Waals surface area (Å²) in [7, 11) is 1.65. The van der Waals surface area contributed by atoms with Gasteiger partial charge >= 0.3 is 0 Å². The Morgan fingerprint density at radius 1 is 0.852 bits per heavy atom. The smallest absolute Gasteiger partial charge is 0.256 e. The lowest BCUT2D eigenvalue weighted by molar-refractivity contribution is -0.0852. The fraction of sp³-hybridized carbons (Fsp3) is 0.628. The standard InChI is InChI=1S/C43H62N10O8/c1-32-26-51(27-33(2)60-32)38-8-10-39(11-9-38)53-29-40(42(50-53)59-13-5-12-55-16-17-57-20-21-58-19-18-56-15-14-54-4)49-43-46-24-37(25-47-43)35-6-7-36(23-44)41(22-35)61-34(3)28-52-31-45-30-48-52/h6-7,22,24-25,29-34,38-39H,5,8-21,26-28H2,1-4H3,(H,46,47,49)/t32-,33+,34-,38-,39-/m0/s1. The van der Waals surface area contributed by atoms with E-state index in [4.69, 9.17) is 43.0 Å². The summed E-state index contributed by atoms with van der Waals surface area (Å²) in [6.07, 6.45) is 13.8. The molecule has 3 atom stereocenters. The zero-order valence-corrected chi connectivity index (χ0v) is 36.0. The molecule has 3 aromatic heterocycles. The molecular formula is C43H62N10O8. The van der Waals surface area contributed by atoms with Crippen molar-refractivity contribution in [2.24, 2.45) is 0 Å². The summed E-state index contributed by atoms with van der Waals surface area (Å²) < 4.78 is 49.4. The molecule has 6 rings (SSSR count). The van der Waals surface area contributed by atoms with Crippen molar-refractivity contribution in [2.45, 2.75) is 89.8 Å². The highest BCUT2D eigenvalue weighted by molar-refractivity contribution is 5.67. The van der Waals surface area contributed by atoms with Crippen molar-refractivity contribution in [3.63, 3.8) is 0 Å². The predicted molar refractivity (Wildman–Crippen MR) is 226 cm³/mol. The Bertz CT molecular complexity index is 1870. The normalized spacial score (nSPS) is 20.0. The molecule has 0 amide bonds. The second-order valence-corrected chi connectivity index (χ2v) is 15.4. The highest BCUT2D eigenvalue weighted by atomic mass is 16.6. The van der Waals surface area contributed by atoms with Gasteiger partial charge in [-0.05, 0) is 64.2 Å². The first-order chi connectivity index (χ1) is 29.9. The van der Waals surface area contributed by atoms with Gasteiger partial charge in [-0.2, -0.15) is 10.4 Å². The number of nitrogens with zero attached hydrogens (tertiary/aromatic N) is 9. The summed E-state index contributed by atoms with van der Waals surface area (Å²) in [5.41, 5.74) is 2.72. The van der Waals surface area contributed by atoms with Crippen LogP contribution in [-0.4, -0.2) is 150 Å². The van der Waals surface area contributed by atoms with Crippen LogP contribution in [0.15, 0.2) is 49.4 Å². The van der Waals surface area contributed by atoms with Crippen LogP contribution in [0.4, 0.5) is 11.6 Å². The van der Waals surface area contributed by atoms with Crippen LogP contribution in [0.5, 0.6) is 11.6 Å². The van der Waals surface area contributed by atoms with E-state index in [0.717, 1.165) is 49.9 Å². The number of hydrogen-bond donors (Lipinski definition) is 1. The molecule has 1 aromatic carbocycles. The van der Waals surface area contributed by atoms with Crippen LogP contribution in [-0.2, 0) is 35.0 Å². The third-order valence-corrected chi connectivity index (χ3v) is 10.5. The van der Waals surface area contributed by atoms with Gasteiger partial charge in [0.05, 0.1) is 96.0 Å². The van der Waals surface area contributed by atoms with Crippen LogP contribution < -0.4 is 14.8 Å². The lowest BCUT2D eigenvalue weighted by atomic mass is 9.89. The summed E-state index contributed by atoms with van der Waals surface area (Å²) in [4.78, 5) is 15.9. The van der Waals surface area contributed by atoms with E-state index in [9.17, 15) is 5.26 Å². The zero-order valence-electron chi connectivity index (χ0n) is 36.0. The number of morpholine rings is 1. The minimum absolute atomic E-state index is 0.247. The van der Waals surface area contributed by atoms with Gasteiger partial charge in [-0.1, -0.05) is 6.07 Å². The van der Waals surface area contributed by atoms with E-state index in [1.165, 1.54) is 6.33 Å². The number of benzene rings is 1. The van der Waals surface area contributed by atoms with Gasteiger partial charge in [-0.25, -0.2) is 19.6 Å². The first-order valence-electron chi connectivity index (χ1n) is 21.4. The average molecular weight is 847 g/mol. The Morgan fingerprint density at radius 3 is 2.15 bits per heavy atom. The van der Waals surface area contributed by atoms with E-state index in [0.29, 0.717) is 114 Å². The number of nitriles is 1. The average Bonchev–Trinajstić information content (AvgIpc) is 3.93. The molecule has 332 valence electrons. The molecule has 18 heteroatoms. The van der Waals surface area contributed by atoms with E-state index in [-0.39, 0.29) is 24.4 Å². The number of ether oxygens (including phenoxy) is 8. The Kier molecular flexibility index (Phi) is 18.5. The van der Waals surface area contributed by atoms with Crippen LogP contribution in [0.1, 0.15) is 64.5 Å². The van der Waals surface area contributed by atoms with E-state index in [2.05, 4.69) is 50.2 Å². The van der Waals surface area contributed by atoms with Crippen molar-refractivity contribution in [1.82, 2.24) is 39.4 Å². The van der Waals surface area contributed by atoms with Gasteiger partial charge in [-0.3, -0.25) is 9.58 Å². The van der Waals surface area contributed by atoms with Crippen molar-refractivity contribution >= 4 is 11.6 Å². The summed E-state index contributed by atoms with van der Waals surface area (Å²) in [6, 6.07) is 8.47. The first-order valence-corrected chi connectivity index (χ1v) is 21.4. The molecule has 4 heterocycles. The zero-order chi connectivity index (χ0) is 42.7. The van der Waals surface area contributed by atoms with Crippen molar-refractivity contribution in [1.29, 1.82) is 5.26 Å². The maximum Gasteiger partial charge on any atom is 0.256 e. The molecule has 1 aliphatic carbocycles. The first kappa shape index (κ1) is 45.8. The van der Waals surface area contributed by atoms with E-state index >= 15 is 0 Å². The SMILES string of the molecule is COCCOCCOCCOCCOCCCOc1nn([C@H]2CC[C@H](N3C[C@@H](C)O[C@@H](C)C3)CC2)cc1Nc1ncc(-c2ccc(C#N)c(O[C@@H](C)Cn3cncn3)c2)cn1. The van der Waals surface area contributed by atoms with E-state index in [1.54, 1.807) is 36.6 Å². The van der Waals surface area contributed by atoms with Gasteiger partial charge in [0.15, 0.2) is 0 Å². The molecule has 0 bridgehead atoms.